The van der Waals surface area contributed by atoms with E-state index < -0.39 is 0 Å². The molecule has 0 aliphatic carbocycles. The Balaban J connectivity index is 2.92. The van der Waals surface area contributed by atoms with Crippen LogP contribution in [-0.2, 0) is 6.54 Å². The summed E-state index contributed by atoms with van der Waals surface area (Å²) < 4.78 is 2.08. The third-order valence-corrected chi connectivity index (χ3v) is 4.25. The van der Waals surface area contributed by atoms with Crippen LogP contribution < -0.4 is 10.9 Å². The summed E-state index contributed by atoms with van der Waals surface area (Å²) in [7, 11) is 0. The van der Waals surface area contributed by atoms with Crippen LogP contribution >= 0.6 is 27.7 Å². The molecule has 0 aliphatic heterocycles. The molecule has 1 N–H and O–H groups in total. The Bertz CT molecular complexity index is 462. The maximum atomic E-state index is 12.2. The molecular formula is C13H22BrN3OS. The zero-order valence-electron chi connectivity index (χ0n) is 11.9. The van der Waals surface area contributed by atoms with Gasteiger partial charge in [-0.2, -0.15) is 16.9 Å². The second-order valence-corrected chi connectivity index (χ2v) is 6.66. The van der Waals surface area contributed by atoms with Crippen molar-refractivity contribution in [1.29, 1.82) is 0 Å². The van der Waals surface area contributed by atoms with Crippen molar-refractivity contribution in [2.45, 2.75) is 39.8 Å². The van der Waals surface area contributed by atoms with Crippen LogP contribution in [0.15, 0.2) is 15.5 Å². The summed E-state index contributed by atoms with van der Waals surface area (Å²) in [5.41, 5.74) is 0.712. The quantitative estimate of drug-likeness (QED) is 0.822. The van der Waals surface area contributed by atoms with Crippen LogP contribution in [0.3, 0.4) is 0 Å². The van der Waals surface area contributed by atoms with Gasteiger partial charge in [0.15, 0.2) is 0 Å². The monoisotopic (exact) mass is 347 g/mol. The molecule has 0 amide bonds. The van der Waals surface area contributed by atoms with E-state index in [2.05, 4.69) is 53.4 Å². The van der Waals surface area contributed by atoms with Crippen LogP contribution in [0, 0.1) is 5.92 Å². The SMILES string of the molecule is CCC(CSC)Nc1cnn(CC(C)C)c(=O)c1Br. The van der Waals surface area contributed by atoms with Gasteiger partial charge < -0.3 is 5.32 Å². The first-order chi connectivity index (χ1) is 8.99. The average Bonchev–Trinajstić information content (AvgIpc) is 2.37. The highest BCUT2D eigenvalue weighted by Crippen LogP contribution is 2.19. The second kappa shape index (κ2) is 7.94. The molecule has 0 fully saturated rings. The van der Waals surface area contributed by atoms with E-state index in [1.165, 1.54) is 4.68 Å². The van der Waals surface area contributed by atoms with E-state index in [9.17, 15) is 4.79 Å². The summed E-state index contributed by atoms with van der Waals surface area (Å²) in [5, 5.41) is 7.61. The predicted molar refractivity (Wildman–Crippen MR) is 87.1 cm³/mol. The molecule has 1 heterocycles. The smallest absolute Gasteiger partial charge is 0.283 e. The van der Waals surface area contributed by atoms with Crippen LogP contribution in [0.2, 0.25) is 0 Å². The molecule has 1 aromatic heterocycles. The largest absolute Gasteiger partial charge is 0.379 e. The molecule has 1 rings (SSSR count). The molecule has 0 bridgehead atoms. The molecule has 1 aromatic rings. The first-order valence-electron chi connectivity index (χ1n) is 6.50. The number of hydrogen-bond acceptors (Lipinski definition) is 4. The number of halogens is 1. The highest BCUT2D eigenvalue weighted by atomic mass is 79.9. The normalized spacial score (nSPS) is 12.7. The number of hydrogen-bond donors (Lipinski definition) is 1. The average molecular weight is 348 g/mol. The number of nitrogens with zero attached hydrogens (tertiary/aromatic N) is 2. The summed E-state index contributed by atoms with van der Waals surface area (Å²) in [5.74, 6) is 1.41. The van der Waals surface area contributed by atoms with E-state index >= 15 is 0 Å². The van der Waals surface area contributed by atoms with Crippen molar-refractivity contribution in [3.8, 4) is 0 Å². The van der Waals surface area contributed by atoms with Crippen LogP contribution in [-0.4, -0.2) is 27.8 Å². The van der Waals surface area contributed by atoms with Crippen molar-refractivity contribution in [3.63, 3.8) is 0 Å². The fourth-order valence-corrected chi connectivity index (χ4v) is 2.87. The van der Waals surface area contributed by atoms with Gasteiger partial charge in [0.05, 0.1) is 11.9 Å². The standard InChI is InChI=1S/C13H22BrN3OS/c1-5-10(8-19-4)16-11-6-15-17(7-9(2)3)13(18)12(11)14/h6,9-10,16H,5,7-8H2,1-4H3. The maximum Gasteiger partial charge on any atom is 0.283 e. The molecule has 108 valence electrons. The van der Waals surface area contributed by atoms with E-state index in [0.717, 1.165) is 17.9 Å². The Labute approximate surface area is 127 Å². The molecule has 4 nitrogen and oxygen atoms in total. The third kappa shape index (κ3) is 4.84. The highest BCUT2D eigenvalue weighted by molar-refractivity contribution is 9.10. The lowest BCUT2D eigenvalue weighted by atomic mass is 10.2. The maximum absolute atomic E-state index is 12.2. The third-order valence-electron chi connectivity index (χ3n) is 2.74. The second-order valence-electron chi connectivity index (χ2n) is 4.96. The summed E-state index contributed by atoms with van der Waals surface area (Å²) in [6.07, 6.45) is 4.83. The van der Waals surface area contributed by atoms with Crippen molar-refractivity contribution >= 4 is 33.4 Å². The van der Waals surface area contributed by atoms with Crippen molar-refractivity contribution < 1.29 is 0 Å². The van der Waals surface area contributed by atoms with Crippen molar-refractivity contribution in [1.82, 2.24) is 9.78 Å². The van der Waals surface area contributed by atoms with Gasteiger partial charge in [0.25, 0.3) is 5.56 Å². The van der Waals surface area contributed by atoms with Crippen LogP contribution in [0.25, 0.3) is 0 Å². The van der Waals surface area contributed by atoms with Gasteiger partial charge in [0.1, 0.15) is 4.47 Å². The molecule has 1 atom stereocenters. The molecule has 0 aliphatic rings. The number of aromatic nitrogens is 2. The van der Waals surface area contributed by atoms with E-state index in [-0.39, 0.29) is 5.56 Å². The molecule has 0 aromatic carbocycles. The molecule has 0 radical (unpaired) electrons. The van der Waals surface area contributed by atoms with Gasteiger partial charge in [-0.05, 0) is 34.5 Å². The molecular weight excluding hydrogens is 326 g/mol. The summed E-state index contributed by atoms with van der Waals surface area (Å²) in [4.78, 5) is 12.2. The van der Waals surface area contributed by atoms with Gasteiger partial charge in [0.2, 0.25) is 0 Å². The first kappa shape index (κ1) is 16.6. The molecule has 19 heavy (non-hydrogen) atoms. The van der Waals surface area contributed by atoms with E-state index in [1.54, 1.807) is 18.0 Å². The number of thioether (sulfide) groups is 1. The molecule has 1 unspecified atom stereocenters. The van der Waals surface area contributed by atoms with Gasteiger partial charge in [-0.3, -0.25) is 4.79 Å². The molecule has 0 saturated heterocycles. The molecule has 0 spiro atoms. The van der Waals surface area contributed by atoms with Gasteiger partial charge in [-0.1, -0.05) is 20.8 Å². The minimum Gasteiger partial charge on any atom is -0.379 e. The lowest BCUT2D eigenvalue weighted by molar-refractivity contribution is 0.462. The molecule has 0 saturated carbocycles. The Hall–Kier alpha value is -0.490. The lowest BCUT2D eigenvalue weighted by Crippen LogP contribution is -2.28. The summed E-state index contributed by atoms with van der Waals surface area (Å²) in [6, 6.07) is 0.355. The van der Waals surface area contributed by atoms with Gasteiger partial charge in [-0.15, -0.1) is 0 Å². The Kier molecular flexibility index (Phi) is 6.93. The lowest BCUT2D eigenvalue weighted by Gasteiger charge is -2.18. The summed E-state index contributed by atoms with van der Waals surface area (Å²) in [6.45, 7) is 6.91. The summed E-state index contributed by atoms with van der Waals surface area (Å²) >= 11 is 5.18. The van der Waals surface area contributed by atoms with Gasteiger partial charge >= 0.3 is 0 Å². The van der Waals surface area contributed by atoms with Crippen molar-refractivity contribution in [2.24, 2.45) is 5.92 Å². The van der Waals surface area contributed by atoms with E-state index in [1.807, 2.05) is 0 Å². The number of rotatable bonds is 7. The van der Waals surface area contributed by atoms with Crippen LogP contribution in [0.5, 0.6) is 0 Å². The minimum atomic E-state index is -0.0716. The fourth-order valence-electron chi connectivity index (χ4n) is 1.72. The van der Waals surface area contributed by atoms with Gasteiger partial charge in [-0.25, -0.2) is 4.68 Å². The van der Waals surface area contributed by atoms with Gasteiger partial charge in [0, 0.05) is 18.3 Å². The van der Waals surface area contributed by atoms with Crippen LogP contribution in [0.4, 0.5) is 5.69 Å². The Morgan fingerprint density at radius 2 is 2.21 bits per heavy atom. The Morgan fingerprint density at radius 3 is 2.74 bits per heavy atom. The highest BCUT2D eigenvalue weighted by Gasteiger charge is 2.12. The minimum absolute atomic E-state index is 0.0716. The fraction of sp³-hybridized carbons (Fsp3) is 0.692. The number of nitrogens with one attached hydrogen (secondary N) is 1. The number of anilines is 1. The van der Waals surface area contributed by atoms with Crippen LogP contribution in [0.1, 0.15) is 27.2 Å². The topological polar surface area (TPSA) is 46.9 Å². The van der Waals surface area contributed by atoms with Crippen molar-refractivity contribution in [2.75, 3.05) is 17.3 Å². The van der Waals surface area contributed by atoms with Crippen molar-refractivity contribution in [3.05, 3.63) is 21.0 Å². The first-order valence-corrected chi connectivity index (χ1v) is 8.69. The van der Waals surface area contributed by atoms with E-state index in [4.69, 9.17) is 0 Å². The molecule has 6 heteroatoms. The Morgan fingerprint density at radius 1 is 1.53 bits per heavy atom. The zero-order chi connectivity index (χ0) is 14.4. The predicted octanol–water partition coefficient (Wildman–Crippen LogP) is 3.22. The zero-order valence-corrected chi connectivity index (χ0v) is 14.3. The van der Waals surface area contributed by atoms with E-state index in [0.29, 0.717) is 23.0 Å².